The highest BCUT2D eigenvalue weighted by molar-refractivity contribution is 14.1. The molecule has 0 unspecified atom stereocenters. The Morgan fingerprint density at radius 3 is 2.34 bits per heavy atom. The van der Waals surface area contributed by atoms with Gasteiger partial charge in [0.2, 0.25) is 5.88 Å². The molecule has 0 bridgehead atoms. The lowest BCUT2D eigenvalue weighted by Crippen LogP contribution is -2.25. The summed E-state index contributed by atoms with van der Waals surface area (Å²) in [7, 11) is 0. The maximum Gasteiger partial charge on any atom is 0.329 e. The molecule has 38 heavy (non-hydrogen) atoms. The molecule has 5 rings (SSSR count). The highest BCUT2D eigenvalue weighted by Gasteiger charge is 2.26. The van der Waals surface area contributed by atoms with Crippen molar-refractivity contribution in [3.63, 3.8) is 0 Å². The molecule has 2 heterocycles. The van der Waals surface area contributed by atoms with Crippen LogP contribution < -0.4 is 10.4 Å². The number of halogens is 2. The third kappa shape index (κ3) is 5.50. The van der Waals surface area contributed by atoms with Gasteiger partial charge in [0.1, 0.15) is 35.7 Å². The molecule has 0 aliphatic rings. The number of aromatic amines is 2. The molecule has 4 N–H and O–H groups in total. The van der Waals surface area contributed by atoms with Crippen molar-refractivity contribution in [1.82, 2.24) is 19.5 Å². The van der Waals surface area contributed by atoms with E-state index >= 15 is 0 Å². The SMILES string of the molecule is O=c1[nH]c(-c2ccc(OCCO)cc2)c(O)n1[C@H](Cc1ccc(F)cc1)c1ncc(-c2ccc(I)cc2)[nH]1. The van der Waals surface area contributed by atoms with Gasteiger partial charge in [0.25, 0.3) is 0 Å². The summed E-state index contributed by atoms with van der Waals surface area (Å²) in [5.74, 6) is 0.411. The molecule has 8 nitrogen and oxygen atoms in total. The normalized spacial score (nSPS) is 12.0. The van der Waals surface area contributed by atoms with Crippen LogP contribution in [0, 0.1) is 9.39 Å². The predicted molar refractivity (Wildman–Crippen MR) is 150 cm³/mol. The first-order valence-electron chi connectivity index (χ1n) is 11.9. The second kappa shape index (κ2) is 11.2. The third-order valence-electron chi connectivity index (χ3n) is 6.13. The number of nitrogens with one attached hydrogen (secondary N) is 2. The molecule has 0 aliphatic carbocycles. The largest absolute Gasteiger partial charge is 0.493 e. The van der Waals surface area contributed by atoms with Crippen LogP contribution in [-0.4, -0.2) is 42.9 Å². The number of ether oxygens (including phenoxy) is 1. The van der Waals surface area contributed by atoms with Crippen molar-refractivity contribution in [3.8, 4) is 34.1 Å². The Bertz CT molecular complexity index is 1580. The van der Waals surface area contributed by atoms with Crippen LogP contribution >= 0.6 is 22.6 Å². The standard InChI is InChI=1S/C28H24FIN4O4/c29-20-7-1-17(2-8-20)15-24(26-31-16-23(32-26)18-3-9-21(30)10-4-18)34-27(36)25(33-28(34)37)19-5-11-22(12-6-19)38-14-13-35/h1-12,16,24,35-36H,13-15H2,(H,31,32)(H,33,37)/t24-/m1/s1. The maximum absolute atomic E-state index is 13.6. The van der Waals surface area contributed by atoms with E-state index < -0.39 is 11.7 Å². The highest BCUT2D eigenvalue weighted by atomic mass is 127. The van der Waals surface area contributed by atoms with Gasteiger partial charge in [-0.3, -0.25) is 4.57 Å². The number of imidazole rings is 2. The minimum absolute atomic E-state index is 0.105. The van der Waals surface area contributed by atoms with Crippen molar-refractivity contribution in [3.05, 3.63) is 110 Å². The van der Waals surface area contributed by atoms with E-state index in [0.717, 1.165) is 20.4 Å². The quantitative estimate of drug-likeness (QED) is 0.174. The number of hydrogen-bond donors (Lipinski definition) is 4. The fraction of sp³-hybridized carbons (Fsp3) is 0.143. The number of aromatic nitrogens is 4. The fourth-order valence-electron chi connectivity index (χ4n) is 4.25. The Labute approximate surface area is 230 Å². The summed E-state index contributed by atoms with van der Waals surface area (Å²) in [4.78, 5) is 23.8. The molecular formula is C28H24FIN4O4. The van der Waals surface area contributed by atoms with Crippen molar-refractivity contribution in [2.75, 3.05) is 13.2 Å². The lowest BCUT2D eigenvalue weighted by Gasteiger charge is -2.17. The lowest BCUT2D eigenvalue weighted by molar-refractivity contribution is 0.201. The van der Waals surface area contributed by atoms with Crippen LogP contribution in [0.5, 0.6) is 11.6 Å². The first-order chi connectivity index (χ1) is 18.4. The van der Waals surface area contributed by atoms with Gasteiger partial charge >= 0.3 is 5.69 Å². The molecule has 0 aliphatic heterocycles. The lowest BCUT2D eigenvalue weighted by atomic mass is 10.0. The first kappa shape index (κ1) is 25.7. The molecule has 10 heteroatoms. The summed E-state index contributed by atoms with van der Waals surface area (Å²) < 4.78 is 21.3. The molecule has 0 radical (unpaired) electrons. The van der Waals surface area contributed by atoms with Crippen LogP contribution in [0.15, 0.2) is 83.8 Å². The molecule has 3 aromatic carbocycles. The molecule has 194 valence electrons. The number of nitrogens with zero attached hydrogens (tertiary/aromatic N) is 2. The number of aliphatic hydroxyl groups is 1. The monoisotopic (exact) mass is 626 g/mol. The van der Waals surface area contributed by atoms with Crippen LogP contribution in [0.2, 0.25) is 0 Å². The summed E-state index contributed by atoms with van der Waals surface area (Å²) >= 11 is 2.24. The van der Waals surface area contributed by atoms with Gasteiger partial charge < -0.3 is 24.9 Å². The Morgan fingerprint density at radius 2 is 1.66 bits per heavy atom. The molecule has 0 fully saturated rings. The molecule has 0 spiro atoms. The Morgan fingerprint density at radius 1 is 0.974 bits per heavy atom. The molecular weight excluding hydrogens is 602 g/mol. The maximum atomic E-state index is 13.6. The summed E-state index contributed by atoms with van der Waals surface area (Å²) in [6.07, 6.45) is 1.97. The van der Waals surface area contributed by atoms with Crippen molar-refractivity contribution in [2.24, 2.45) is 0 Å². The number of benzene rings is 3. The molecule has 0 saturated carbocycles. The number of rotatable bonds is 9. The van der Waals surface area contributed by atoms with E-state index in [0.29, 0.717) is 17.1 Å². The minimum Gasteiger partial charge on any atom is -0.493 e. The van der Waals surface area contributed by atoms with Gasteiger partial charge in [-0.2, -0.15) is 0 Å². The molecule has 2 aromatic heterocycles. The summed E-state index contributed by atoms with van der Waals surface area (Å²) in [6.45, 7) is 0.0580. The van der Waals surface area contributed by atoms with Crippen molar-refractivity contribution < 1.29 is 19.3 Å². The smallest absolute Gasteiger partial charge is 0.329 e. The van der Waals surface area contributed by atoms with Gasteiger partial charge in [-0.05, 0) is 82.2 Å². The molecule has 1 atom stereocenters. The van der Waals surface area contributed by atoms with E-state index in [1.165, 1.54) is 16.7 Å². The van der Waals surface area contributed by atoms with E-state index in [9.17, 15) is 14.3 Å². The number of aliphatic hydroxyl groups excluding tert-OH is 1. The average Bonchev–Trinajstić information content (AvgIpc) is 3.53. The highest BCUT2D eigenvalue weighted by Crippen LogP contribution is 2.33. The summed E-state index contributed by atoms with van der Waals surface area (Å²) in [5, 5.41) is 20.2. The minimum atomic E-state index is -0.706. The summed E-state index contributed by atoms with van der Waals surface area (Å²) in [6, 6.07) is 20.0. The van der Waals surface area contributed by atoms with Gasteiger partial charge in [0, 0.05) is 15.6 Å². The van der Waals surface area contributed by atoms with Crippen LogP contribution in [0.25, 0.3) is 22.5 Å². The van der Waals surface area contributed by atoms with Crippen LogP contribution in [0.1, 0.15) is 17.4 Å². The number of H-pyrrole nitrogens is 2. The Kier molecular flexibility index (Phi) is 7.61. The van der Waals surface area contributed by atoms with Crippen molar-refractivity contribution in [1.29, 1.82) is 0 Å². The van der Waals surface area contributed by atoms with Gasteiger partial charge in [0.05, 0.1) is 18.5 Å². The molecule has 0 saturated heterocycles. The van der Waals surface area contributed by atoms with E-state index in [1.54, 1.807) is 42.6 Å². The van der Waals surface area contributed by atoms with Gasteiger partial charge in [0.15, 0.2) is 0 Å². The van der Waals surface area contributed by atoms with Gasteiger partial charge in [-0.1, -0.05) is 24.3 Å². The second-order valence-corrected chi connectivity index (χ2v) is 9.88. The molecule has 0 amide bonds. The van der Waals surface area contributed by atoms with Crippen molar-refractivity contribution in [2.45, 2.75) is 12.5 Å². The van der Waals surface area contributed by atoms with Crippen LogP contribution in [0.4, 0.5) is 4.39 Å². The predicted octanol–water partition coefficient (Wildman–Crippen LogP) is 4.89. The summed E-state index contributed by atoms with van der Waals surface area (Å²) in [5.41, 5.74) is 2.77. The fourth-order valence-corrected chi connectivity index (χ4v) is 4.61. The van der Waals surface area contributed by atoms with Gasteiger partial charge in [-0.25, -0.2) is 14.2 Å². The van der Waals surface area contributed by atoms with E-state index in [2.05, 4.69) is 37.5 Å². The van der Waals surface area contributed by atoms with E-state index in [1.807, 2.05) is 24.3 Å². The van der Waals surface area contributed by atoms with Gasteiger partial charge in [-0.15, -0.1) is 0 Å². The zero-order valence-corrected chi connectivity index (χ0v) is 22.2. The zero-order valence-electron chi connectivity index (χ0n) is 20.1. The average molecular weight is 626 g/mol. The Hall–Kier alpha value is -3.90. The second-order valence-electron chi connectivity index (χ2n) is 8.63. The first-order valence-corrected chi connectivity index (χ1v) is 12.9. The number of hydrogen-bond acceptors (Lipinski definition) is 5. The van der Waals surface area contributed by atoms with Crippen LogP contribution in [0.3, 0.4) is 0 Å². The third-order valence-corrected chi connectivity index (χ3v) is 6.85. The topological polar surface area (TPSA) is 116 Å². The van der Waals surface area contributed by atoms with Crippen LogP contribution in [-0.2, 0) is 6.42 Å². The van der Waals surface area contributed by atoms with E-state index in [-0.39, 0.29) is 37.0 Å². The molecule has 5 aromatic rings. The Balaban J connectivity index is 1.54. The number of aromatic hydroxyl groups is 1. The zero-order chi connectivity index (χ0) is 26.6. The van der Waals surface area contributed by atoms with E-state index in [4.69, 9.17) is 9.84 Å². The van der Waals surface area contributed by atoms with Crippen molar-refractivity contribution >= 4 is 22.6 Å².